The van der Waals surface area contributed by atoms with E-state index in [9.17, 15) is 4.79 Å². The van der Waals surface area contributed by atoms with Crippen LogP contribution in [0.5, 0.6) is 0 Å². The molecule has 1 rings (SSSR count). The fourth-order valence-electron chi connectivity index (χ4n) is 2.08. The van der Waals surface area contributed by atoms with Gasteiger partial charge in [-0.05, 0) is 19.4 Å². The molecule has 0 aliphatic rings. The molecular weight excluding hydrogens is 236 g/mol. The first kappa shape index (κ1) is 15.4. The maximum absolute atomic E-state index is 12.4. The Morgan fingerprint density at radius 1 is 1.37 bits per heavy atom. The van der Waals surface area contributed by atoms with Gasteiger partial charge in [0.15, 0.2) is 0 Å². The SMILES string of the molecule is C=C(C)CN(CC)C(=O)C(C)C(N)c1ccccc1. The lowest BCUT2D eigenvalue weighted by Gasteiger charge is -2.27. The highest BCUT2D eigenvalue weighted by atomic mass is 16.2. The van der Waals surface area contributed by atoms with Crippen molar-refractivity contribution in [3.05, 3.63) is 48.0 Å². The molecule has 0 aliphatic heterocycles. The van der Waals surface area contributed by atoms with E-state index in [1.165, 1.54) is 0 Å². The fraction of sp³-hybridized carbons (Fsp3) is 0.438. The van der Waals surface area contributed by atoms with E-state index in [2.05, 4.69) is 6.58 Å². The highest BCUT2D eigenvalue weighted by molar-refractivity contribution is 5.79. The normalized spacial score (nSPS) is 13.7. The van der Waals surface area contributed by atoms with Gasteiger partial charge in [-0.15, -0.1) is 0 Å². The molecule has 3 nitrogen and oxygen atoms in total. The van der Waals surface area contributed by atoms with E-state index < -0.39 is 0 Å². The molecule has 1 aromatic carbocycles. The summed E-state index contributed by atoms with van der Waals surface area (Å²) in [6, 6.07) is 9.48. The maximum atomic E-state index is 12.4. The van der Waals surface area contributed by atoms with E-state index in [0.717, 1.165) is 11.1 Å². The van der Waals surface area contributed by atoms with Crippen molar-refractivity contribution in [1.29, 1.82) is 0 Å². The number of benzene rings is 1. The molecule has 0 fully saturated rings. The Morgan fingerprint density at radius 2 is 1.95 bits per heavy atom. The topological polar surface area (TPSA) is 46.3 Å². The Balaban J connectivity index is 2.78. The van der Waals surface area contributed by atoms with Gasteiger partial charge < -0.3 is 10.6 Å². The molecule has 104 valence electrons. The summed E-state index contributed by atoms with van der Waals surface area (Å²) < 4.78 is 0. The van der Waals surface area contributed by atoms with Crippen molar-refractivity contribution < 1.29 is 4.79 Å². The lowest BCUT2D eigenvalue weighted by molar-refractivity contribution is -0.135. The van der Waals surface area contributed by atoms with Crippen molar-refractivity contribution in [2.75, 3.05) is 13.1 Å². The van der Waals surface area contributed by atoms with Crippen molar-refractivity contribution in [2.45, 2.75) is 26.8 Å². The summed E-state index contributed by atoms with van der Waals surface area (Å²) in [5.41, 5.74) is 8.17. The predicted octanol–water partition coefficient (Wildman–Crippen LogP) is 2.75. The lowest BCUT2D eigenvalue weighted by Crippen LogP contribution is -2.40. The Hall–Kier alpha value is -1.61. The zero-order valence-electron chi connectivity index (χ0n) is 12.1. The van der Waals surface area contributed by atoms with Crippen LogP contribution in [-0.4, -0.2) is 23.9 Å². The molecule has 2 unspecified atom stereocenters. The number of nitrogens with two attached hydrogens (primary N) is 1. The summed E-state index contributed by atoms with van der Waals surface area (Å²) in [6.07, 6.45) is 0. The van der Waals surface area contributed by atoms with Crippen LogP contribution in [-0.2, 0) is 4.79 Å². The van der Waals surface area contributed by atoms with Gasteiger partial charge >= 0.3 is 0 Å². The highest BCUT2D eigenvalue weighted by Crippen LogP contribution is 2.21. The predicted molar refractivity (Wildman–Crippen MR) is 79.6 cm³/mol. The van der Waals surface area contributed by atoms with Gasteiger partial charge in [-0.2, -0.15) is 0 Å². The third kappa shape index (κ3) is 4.21. The van der Waals surface area contributed by atoms with Gasteiger partial charge in [0, 0.05) is 19.1 Å². The molecule has 19 heavy (non-hydrogen) atoms. The van der Waals surface area contributed by atoms with Crippen molar-refractivity contribution in [3.8, 4) is 0 Å². The Bertz CT molecular complexity index is 428. The van der Waals surface area contributed by atoms with Gasteiger partial charge in [0.1, 0.15) is 0 Å². The number of amides is 1. The highest BCUT2D eigenvalue weighted by Gasteiger charge is 2.25. The zero-order valence-corrected chi connectivity index (χ0v) is 12.1. The molecule has 0 aromatic heterocycles. The van der Waals surface area contributed by atoms with Crippen LogP contribution in [0.25, 0.3) is 0 Å². The molecule has 0 radical (unpaired) electrons. The van der Waals surface area contributed by atoms with Gasteiger partial charge in [0.2, 0.25) is 5.91 Å². The minimum Gasteiger partial charge on any atom is -0.339 e. The molecule has 2 N–H and O–H groups in total. The number of rotatable bonds is 6. The molecule has 0 spiro atoms. The lowest BCUT2D eigenvalue weighted by atomic mass is 9.94. The van der Waals surface area contributed by atoms with E-state index in [4.69, 9.17) is 5.73 Å². The summed E-state index contributed by atoms with van der Waals surface area (Å²) in [5.74, 6) is -0.149. The van der Waals surface area contributed by atoms with Crippen molar-refractivity contribution >= 4 is 5.91 Å². The van der Waals surface area contributed by atoms with E-state index in [1.807, 2.05) is 51.1 Å². The van der Waals surface area contributed by atoms with Gasteiger partial charge in [0.05, 0.1) is 5.92 Å². The Morgan fingerprint density at radius 3 is 2.42 bits per heavy atom. The van der Waals surface area contributed by atoms with Gasteiger partial charge in [-0.1, -0.05) is 49.4 Å². The van der Waals surface area contributed by atoms with Gasteiger partial charge in [0.25, 0.3) is 0 Å². The van der Waals surface area contributed by atoms with Crippen molar-refractivity contribution in [1.82, 2.24) is 4.90 Å². The van der Waals surface area contributed by atoms with Crippen LogP contribution in [0.2, 0.25) is 0 Å². The number of nitrogens with zero attached hydrogens (tertiary/aromatic N) is 1. The smallest absolute Gasteiger partial charge is 0.227 e. The average Bonchev–Trinajstić information content (AvgIpc) is 2.43. The first-order chi connectivity index (χ1) is 8.97. The monoisotopic (exact) mass is 260 g/mol. The van der Waals surface area contributed by atoms with Crippen LogP contribution in [0.1, 0.15) is 32.4 Å². The quantitative estimate of drug-likeness (QED) is 0.799. The molecule has 0 aliphatic carbocycles. The first-order valence-corrected chi connectivity index (χ1v) is 6.71. The maximum Gasteiger partial charge on any atom is 0.227 e. The van der Waals surface area contributed by atoms with Gasteiger partial charge in [-0.25, -0.2) is 0 Å². The molecule has 0 heterocycles. The standard InChI is InChI=1S/C16H24N2O/c1-5-18(11-12(2)3)16(19)13(4)15(17)14-9-7-6-8-10-14/h6-10,13,15H,2,5,11,17H2,1,3-4H3. The van der Waals surface area contributed by atoms with Crippen LogP contribution >= 0.6 is 0 Å². The summed E-state index contributed by atoms with van der Waals surface area (Å²) in [7, 11) is 0. The molecule has 0 saturated carbocycles. The minimum atomic E-state index is -0.270. The number of likely N-dealkylation sites (N-methyl/N-ethyl adjacent to an activating group) is 1. The molecule has 0 saturated heterocycles. The molecule has 3 heteroatoms. The summed E-state index contributed by atoms with van der Waals surface area (Å²) in [4.78, 5) is 14.2. The zero-order chi connectivity index (χ0) is 14.4. The minimum absolute atomic E-state index is 0.0850. The van der Waals surface area contributed by atoms with Crippen LogP contribution < -0.4 is 5.73 Å². The third-order valence-corrected chi connectivity index (χ3v) is 3.27. The molecule has 2 atom stereocenters. The second-order valence-corrected chi connectivity index (χ2v) is 5.03. The first-order valence-electron chi connectivity index (χ1n) is 6.71. The number of carbonyl (C=O) groups is 1. The molecule has 1 amide bonds. The van der Waals surface area contributed by atoms with E-state index >= 15 is 0 Å². The number of hydrogen-bond donors (Lipinski definition) is 1. The second-order valence-electron chi connectivity index (χ2n) is 5.03. The van der Waals surface area contributed by atoms with Crippen LogP contribution in [0.3, 0.4) is 0 Å². The average molecular weight is 260 g/mol. The largest absolute Gasteiger partial charge is 0.339 e. The van der Waals surface area contributed by atoms with E-state index in [1.54, 1.807) is 4.90 Å². The van der Waals surface area contributed by atoms with Crippen LogP contribution in [0.15, 0.2) is 42.5 Å². The third-order valence-electron chi connectivity index (χ3n) is 3.27. The van der Waals surface area contributed by atoms with E-state index in [-0.39, 0.29) is 17.9 Å². The van der Waals surface area contributed by atoms with Crippen LogP contribution in [0.4, 0.5) is 0 Å². The molecule has 0 bridgehead atoms. The molecule has 1 aromatic rings. The molecular formula is C16H24N2O. The summed E-state index contributed by atoms with van der Waals surface area (Å²) >= 11 is 0. The fourth-order valence-corrected chi connectivity index (χ4v) is 2.08. The van der Waals surface area contributed by atoms with Gasteiger partial charge in [-0.3, -0.25) is 4.79 Å². The van der Waals surface area contributed by atoms with Crippen molar-refractivity contribution in [3.63, 3.8) is 0 Å². The Kier molecular flexibility index (Phi) is 5.77. The van der Waals surface area contributed by atoms with Crippen LogP contribution in [0, 0.1) is 5.92 Å². The van der Waals surface area contributed by atoms with Crippen molar-refractivity contribution in [2.24, 2.45) is 11.7 Å². The second kappa shape index (κ2) is 7.10. The number of hydrogen-bond acceptors (Lipinski definition) is 2. The Labute approximate surface area is 116 Å². The summed E-state index contributed by atoms with van der Waals surface area (Å²) in [6.45, 7) is 10.9. The number of carbonyl (C=O) groups excluding carboxylic acids is 1. The van der Waals surface area contributed by atoms with E-state index in [0.29, 0.717) is 13.1 Å². The summed E-state index contributed by atoms with van der Waals surface area (Å²) in [5, 5.41) is 0.